The van der Waals surface area contributed by atoms with Crippen LogP contribution in [0.5, 0.6) is 5.75 Å². The van der Waals surface area contributed by atoms with E-state index >= 15 is 0 Å². The zero-order valence-corrected chi connectivity index (χ0v) is 19.4. The summed E-state index contributed by atoms with van der Waals surface area (Å²) in [6.45, 7) is 7.39. The number of carboxylic acid groups (broad SMARTS) is 1. The average molecular weight is 471 g/mol. The predicted molar refractivity (Wildman–Crippen MR) is 117 cm³/mol. The molecule has 0 unspecified atom stereocenters. The van der Waals surface area contributed by atoms with Crippen molar-refractivity contribution in [1.29, 1.82) is 0 Å². The number of rotatable bonds is 10. The number of hydrogen-bond donors (Lipinski definition) is 2. The number of nitrogens with zero attached hydrogens (tertiary/aromatic N) is 1. The molecule has 0 heterocycles. The number of ether oxygens (including phenoxy) is 1. The molecule has 0 aliphatic carbocycles. The highest BCUT2D eigenvalue weighted by Crippen LogP contribution is 2.32. The minimum absolute atomic E-state index is 0.0600. The molecule has 0 saturated heterocycles. The van der Waals surface area contributed by atoms with Crippen molar-refractivity contribution < 1.29 is 31.5 Å². The number of aryl methyl sites for hydroxylation is 1. The number of benzene rings is 2. The molecular formula is C20H26N2O7S2. The Morgan fingerprint density at radius 1 is 1.03 bits per heavy atom. The lowest BCUT2D eigenvalue weighted by Crippen LogP contribution is -2.30. The number of nitrogens with one attached hydrogen (secondary N) is 1. The van der Waals surface area contributed by atoms with Crippen LogP contribution in [0.25, 0.3) is 0 Å². The zero-order valence-electron chi connectivity index (χ0n) is 17.7. The van der Waals surface area contributed by atoms with Gasteiger partial charge in [0.1, 0.15) is 5.75 Å². The van der Waals surface area contributed by atoms with E-state index < -0.39 is 26.0 Å². The van der Waals surface area contributed by atoms with Gasteiger partial charge in [-0.25, -0.2) is 21.6 Å². The topological polar surface area (TPSA) is 130 Å². The number of sulfonamides is 2. The van der Waals surface area contributed by atoms with E-state index in [1.165, 1.54) is 41.6 Å². The van der Waals surface area contributed by atoms with E-state index in [0.29, 0.717) is 5.56 Å². The van der Waals surface area contributed by atoms with Gasteiger partial charge < -0.3 is 9.84 Å². The molecule has 2 rings (SSSR count). The van der Waals surface area contributed by atoms with Gasteiger partial charge >= 0.3 is 5.97 Å². The summed E-state index contributed by atoms with van der Waals surface area (Å²) in [4.78, 5) is 10.9. The van der Waals surface area contributed by atoms with Gasteiger partial charge in [-0.15, -0.1) is 0 Å². The largest absolute Gasteiger partial charge is 0.492 e. The van der Waals surface area contributed by atoms with E-state index in [0.717, 1.165) is 6.07 Å². The van der Waals surface area contributed by atoms with Gasteiger partial charge in [-0.05, 0) is 49.7 Å². The molecule has 0 atom stereocenters. The van der Waals surface area contributed by atoms with Crippen molar-refractivity contribution in [2.75, 3.05) is 24.4 Å². The van der Waals surface area contributed by atoms with Gasteiger partial charge in [0.25, 0.3) is 10.0 Å². The monoisotopic (exact) mass is 470 g/mol. The van der Waals surface area contributed by atoms with Gasteiger partial charge in [0, 0.05) is 13.1 Å². The molecule has 0 aliphatic heterocycles. The molecule has 0 radical (unpaired) electrons. The quantitative estimate of drug-likeness (QED) is 0.546. The van der Waals surface area contributed by atoms with Gasteiger partial charge in [0.2, 0.25) is 10.0 Å². The van der Waals surface area contributed by atoms with Gasteiger partial charge in [0.15, 0.2) is 0 Å². The molecule has 9 nitrogen and oxygen atoms in total. The van der Waals surface area contributed by atoms with Crippen molar-refractivity contribution >= 4 is 31.7 Å². The third-order valence-corrected chi connectivity index (χ3v) is 8.12. The molecule has 0 amide bonds. The summed E-state index contributed by atoms with van der Waals surface area (Å²) < 4.78 is 60.9. The van der Waals surface area contributed by atoms with Crippen molar-refractivity contribution in [3.63, 3.8) is 0 Å². The first-order valence-electron chi connectivity index (χ1n) is 9.61. The molecule has 0 bridgehead atoms. The minimum atomic E-state index is -4.24. The Morgan fingerprint density at radius 2 is 1.68 bits per heavy atom. The second-order valence-electron chi connectivity index (χ2n) is 6.57. The molecule has 2 aromatic carbocycles. The Hall–Kier alpha value is -2.63. The van der Waals surface area contributed by atoms with Crippen LogP contribution >= 0.6 is 0 Å². The summed E-state index contributed by atoms with van der Waals surface area (Å²) in [6.07, 6.45) is 0. The Morgan fingerprint density at radius 3 is 2.23 bits per heavy atom. The van der Waals surface area contributed by atoms with Crippen LogP contribution in [-0.2, 0) is 20.0 Å². The van der Waals surface area contributed by atoms with Crippen LogP contribution in [0.3, 0.4) is 0 Å². The van der Waals surface area contributed by atoms with Crippen molar-refractivity contribution in [3.05, 3.63) is 47.5 Å². The maximum absolute atomic E-state index is 13.0. The average Bonchev–Trinajstić information content (AvgIpc) is 2.69. The molecule has 170 valence electrons. The molecule has 0 spiro atoms. The van der Waals surface area contributed by atoms with Gasteiger partial charge in [-0.2, -0.15) is 4.31 Å². The molecule has 0 fully saturated rings. The van der Waals surface area contributed by atoms with Crippen molar-refractivity contribution in [2.45, 2.75) is 37.5 Å². The lowest BCUT2D eigenvalue weighted by molar-refractivity contribution is 0.0696. The first kappa shape index (κ1) is 24.6. The van der Waals surface area contributed by atoms with E-state index in [1.54, 1.807) is 20.8 Å². The second kappa shape index (κ2) is 9.67. The van der Waals surface area contributed by atoms with Gasteiger partial charge in [-0.3, -0.25) is 4.72 Å². The summed E-state index contributed by atoms with van der Waals surface area (Å²) in [5, 5.41) is 9.19. The highest BCUT2D eigenvalue weighted by molar-refractivity contribution is 7.92. The Kier molecular flexibility index (Phi) is 7.68. The number of hydrogen-bond acceptors (Lipinski definition) is 6. The molecular weight excluding hydrogens is 444 g/mol. The summed E-state index contributed by atoms with van der Waals surface area (Å²) in [5.74, 6) is -1.12. The first-order valence-corrected chi connectivity index (χ1v) is 12.5. The normalized spacial score (nSPS) is 12.0. The Labute approximate surface area is 182 Å². The first-order chi connectivity index (χ1) is 14.5. The van der Waals surface area contributed by atoms with Crippen LogP contribution in [0, 0.1) is 6.92 Å². The maximum Gasteiger partial charge on any atom is 0.335 e. The fraction of sp³-hybridized carbons (Fsp3) is 0.350. The third kappa shape index (κ3) is 5.35. The van der Waals surface area contributed by atoms with E-state index in [4.69, 9.17) is 4.74 Å². The predicted octanol–water partition coefficient (Wildman–Crippen LogP) is 2.92. The number of carbonyl (C=O) groups is 1. The van der Waals surface area contributed by atoms with Crippen LogP contribution in [0.2, 0.25) is 0 Å². The van der Waals surface area contributed by atoms with Crippen LogP contribution in [0.1, 0.15) is 36.7 Å². The number of aromatic carboxylic acids is 1. The highest BCUT2D eigenvalue weighted by Gasteiger charge is 2.25. The molecule has 0 saturated carbocycles. The smallest absolute Gasteiger partial charge is 0.335 e. The standard InChI is InChI=1S/C20H26N2O7S2/c1-5-22(6-2)31(27,28)16-10-11-18(29-7-3)17(13-16)21-30(25,26)19-12-15(20(23)24)9-8-14(19)4/h8-13,21H,5-7H2,1-4H3,(H,23,24). The molecule has 0 aromatic heterocycles. The number of anilines is 1. The van der Waals surface area contributed by atoms with Crippen LogP contribution in [0.4, 0.5) is 5.69 Å². The summed E-state index contributed by atoms with van der Waals surface area (Å²) in [6, 6.07) is 7.69. The van der Waals surface area contributed by atoms with Crippen LogP contribution < -0.4 is 9.46 Å². The molecule has 0 aliphatic rings. The molecule has 2 aromatic rings. The van der Waals surface area contributed by atoms with Gasteiger partial charge in [-0.1, -0.05) is 19.9 Å². The highest BCUT2D eigenvalue weighted by atomic mass is 32.2. The van der Waals surface area contributed by atoms with Crippen LogP contribution in [0.15, 0.2) is 46.2 Å². The maximum atomic E-state index is 13.0. The second-order valence-corrected chi connectivity index (χ2v) is 10.2. The van der Waals surface area contributed by atoms with Crippen molar-refractivity contribution in [3.8, 4) is 5.75 Å². The lowest BCUT2D eigenvalue weighted by Gasteiger charge is -2.20. The summed E-state index contributed by atoms with van der Waals surface area (Å²) in [5.41, 5.74) is 0.0893. The Balaban J connectivity index is 2.59. The van der Waals surface area contributed by atoms with Gasteiger partial charge in [0.05, 0.1) is 27.6 Å². The fourth-order valence-electron chi connectivity index (χ4n) is 2.97. The SMILES string of the molecule is CCOc1ccc(S(=O)(=O)N(CC)CC)cc1NS(=O)(=O)c1cc(C(=O)O)ccc1C. The summed E-state index contributed by atoms with van der Waals surface area (Å²) in [7, 11) is -8.07. The molecule has 31 heavy (non-hydrogen) atoms. The molecule has 2 N–H and O–H groups in total. The number of carboxylic acids is 1. The van der Waals surface area contributed by atoms with E-state index in [1.807, 2.05) is 0 Å². The van der Waals surface area contributed by atoms with E-state index in [9.17, 15) is 26.7 Å². The third-order valence-electron chi connectivity index (χ3n) is 4.56. The minimum Gasteiger partial charge on any atom is -0.492 e. The fourth-order valence-corrected chi connectivity index (χ4v) is 5.78. The van der Waals surface area contributed by atoms with E-state index in [-0.39, 0.29) is 46.5 Å². The zero-order chi connectivity index (χ0) is 23.4. The molecule has 11 heteroatoms. The van der Waals surface area contributed by atoms with E-state index in [2.05, 4.69) is 4.72 Å². The Bertz CT molecular complexity index is 1170. The van der Waals surface area contributed by atoms with Crippen molar-refractivity contribution in [1.82, 2.24) is 4.31 Å². The van der Waals surface area contributed by atoms with Crippen LogP contribution in [-0.4, -0.2) is 51.9 Å². The summed E-state index contributed by atoms with van der Waals surface area (Å²) >= 11 is 0. The van der Waals surface area contributed by atoms with Crippen molar-refractivity contribution in [2.24, 2.45) is 0 Å². The lowest BCUT2D eigenvalue weighted by atomic mass is 10.1.